The van der Waals surface area contributed by atoms with E-state index in [1.54, 1.807) is 0 Å². The van der Waals surface area contributed by atoms with Crippen LogP contribution in [0.15, 0.2) is 0 Å². The average molecular weight is 227 g/mol. The second-order valence-electron chi connectivity index (χ2n) is 5.24. The topological polar surface area (TPSA) is 49.8 Å². The summed E-state index contributed by atoms with van der Waals surface area (Å²) in [5.74, 6) is 0.929. The molecular formula is C12H21NO3. The molecular weight excluding hydrogens is 206 g/mol. The van der Waals surface area contributed by atoms with E-state index < -0.39 is 0 Å². The van der Waals surface area contributed by atoms with Crippen molar-refractivity contribution < 1.29 is 14.6 Å². The van der Waals surface area contributed by atoms with Gasteiger partial charge in [-0.3, -0.25) is 9.69 Å². The maximum atomic E-state index is 11.7. The lowest BCUT2D eigenvalue weighted by Gasteiger charge is -2.36. The van der Waals surface area contributed by atoms with Gasteiger partial charge in [0.05, 0.1) is 13.2 Å². The second-order valence-corrected chi connectivity index (χ2v) is 5.24. The summed E-state index contributed by atoms with van der Waals surface area (Å²) in [7, 11) is 3.45. The summed E-state index contributed by atoms with van der Waals surface area (Å²) in [6, 6.07) is -0.0669. The molecule has 4 heteroatoms. The molecule has 0 amide bonds. The number of carbonyl (C=O) groups excluding carboxylic acids is 1. The molecule has 0 aromatic carbocycles. The van der Waals surface area contributed by atoms with Crippen LogP contribution in [0.4, 0.5) is 0 Å². The van der Waals surface area contributed by atoms with Gasteiger partial charge in [-0.2, -0.15) is 0 Å². The summed E-state index contributed by atoms with van der Waals surface area (Å²) in [4.78, 5) is 13.8. The number of hydrogen-bond acceptors (Lipinski definition) is 4. The first-order valence-corrected chi connectivity index (χ1v) is 6.08. The fraction of sp³-hybridized carbons (Fsp3) is 0.917. The van der Waals surface area contributed by atoms with Crippen LogP contribution in [0.1, 0.15) is 25.7 Å². The molecule has 0 radical (unpaired) electrons. The van der Waals surface area contributed by atoms with Crippen LogP contribution >= 0.6 is 0 Å². The smallest absolute Gasteiger partial charge is 0.323 e. The van der Waals surface area contributed by atoms with Crippen molar-refractivity contribution in [3.05, 3.63) is 0 Å². The Morgan fingerprint density at radius 3 is 2.56 bits per heavy atom. The molecule has 1 atom stereocenters. The van der Waals surface area contributed by atoms with E-state index >= 15 is 0 Å². The first kappa shape index (κ1) is 11.9. The number of aliphatic hydroxyl groups is 1. The summed E-state index contributed by atoms with van der Waals surface area (Å²) in [6.07, 6.45) is 3.91. The van der Waals surface area contributed by atoms with E-state index in [0.29, 0.717) is 11.8 Å². The minimum Gasteiger partial charge on any atom is -0.468 e. The number of esters is 1. The molecule has 0 aliphatic heterocycles. The minimum absolute atomic E-state index is 0.0669. The van der Waals surface area contributed by atoms with Gasteiger partial charge in [-0.05, 0) is 44.6 Å². The Morgan fingerprint density at radius 1 is 1.50 bits per heavy atom. The van der Waals surface area contributed by atoms with Gasteiger partial charge in [-0.1, -0.05) is 0 Å². The Labute approximate surface area is 96.6 Å². The number of carbonyl (C=O) groups is 1. The molecule has 1 N–H and O–H groups in total. The summed E-state index contributed by atoms with van der Waals surface area (Å²) in [5.41, 5.74) is 0. The summed E-state index contributed by atoms with van der Waals surface area (Å²) in [5, 5.41) is 9.24. The fourth-order valence-corrected chi connectivity index (χ4v) is 2.64. The van der Waals surface area contributed by atoms with Gasteiger partial charge < -0.3 is 9.84 Å². The lowest BCUT2D eigenvalue weighted by Crippen LogP contribution is -2.46. The Bertz CT molecular complexity index is 259. The lowest BCUT2D eigenvalue weighted by atomic mass is 9.82. The van der Waals surface area contributed by atoms with E-state index in [1.165, 1.54) is 7.11 Å². The molecule has 0 heterocycles. The van der Waals surface area contributed by atoms with Crippen LogP contribution in [0.2, 0.25) is 0 Å². The van der Waals surface area contributed by atoms with Gasteiger partial charge in [-0.15, -0.1) is 0 Å². The Hall–Kier alpha value is -0.610. The third-order valence-electron chi connectivity index (χ3n) is 3.74. The van der Waals surface area contributed by atoms with Gasteiger partial charge in [0.15, 0.2) is 0 Å². The Kier molecular flexibility index (Phi) is 3.50. The zero-order chi connectivity index (χ0) is 11.7. The molecule has 2 fully saturated rings. The number of ether oxygens (including phenoxy) is 1. The summed E-state index contributed by atoms with van der Waals surface area (Å²) in [6.45, 7) is 0.896. The van der Waals surface area contributed by atoms with Gasteiger partial charge in [0.2, 0.25) is 0 Å². The van der Waals surface area contributed by atoms with Crippen molar-refractivity contribution in [2.45, 2.75) is 37.8 Å². The van der Waals surface area contributed by atoms with Gasteiger partial charge in [0, 0.05) is 6.54 Å². The van der Waals surface area contributed by atoms with Crippen LogP contribution in [0.5, 0.6) is 0 Å². The molecule has 1 unspecified atom stereocenters. The van der Waals surface area contributed by atoms with Crippen molar-refractivity contribution in [1.82, 2.24) is 4.90 Å². The largest absolute Gasteiger partial charge is 0.468 e. The van der Waals surface area contributed by atoms with E-state index in [0.717, 1.165) is 32.2 Å². The molecule has 2 rings (SSSR count). The van der Waals surface area contributed by atoms with E-state index in [1.807, 2.05) is 7.05 Å². The SMILES string of the molecule is COC(=O)C(C1CC1)N(C)CC1CC(O)C1. The van der Waals surface area contributed by atoms with Gasteiger partial charge in [-0.25, -0.2) is 0 Å². The molecule has 4 nitrogen and oxygen atoms in total. The van der Waals surface area contributed by atoms with E-state index in [-0.39, 0.29) is 18.1 Å². The molecule has 2 aliphatic rings. The highest BCUT2D eigenvalue weighted by Crippen LogP contribution is 2.37. The predicted molar refractivity (Wildman–Crippen MR) is 59.9 cm³/mol. The van der Waals surface area contributed by atoms with Crippen molar-refractivity contribution in [1.29, 1.82) is 0 Å². The molecule has 0 saturated heterocycles. The highest BCUT2D eigenvalue weighted by atomic mass is 16.5. The van der Waals surface area contributed by atoms with Crippen molar-refractivity contribution in [2.75, 3.05) is 20.7 Å². The molecule has 16 heavy (non-hydrogen) atoms. The van der Waals surface area contributed by atoms with Crippen molar-refractivity contribution in [3.63, 3.8) is 0 Å². The molecule has 0 aromatic heterocycles. The molecule has 0 bridgehead atoms. The van der Waals surface area contributed by atoms with E-state index in [9.17, 15) is 9.90 Å². The van der Waals surface area contributed by atoms with Crippen LogP contribution in [0, 0.1) is 11.8 Å². The highest BCUT2D eigenvalue weighted by molar-refractivity contribution is 5.76. The normalized spacial score (nSPS) is 31.0. The number of hydrogen-bond donors (Lipinski definition) is 1. The number of rotatable bonds is 5. The van der Waals surface area contributed by atoms with Crippen LogP contribution in [-0.2, 0) is 9.53 Å². The first-order chi connectivity index (χ1) is 7.61. The zero-order valence-corrected chi connectivity index (χ0v) is 10.1. The standard InChI is InChI=1S/C12H21NO3/c1-13(7-8-5-10(14)6-8)11(9-3-4-9)12(15)16-2/h8-11,14H,3-7H2,1-2H3. The number of methoxy groups -OCH3 is 1. The molecule has 92 valence electrons. The lowest BCUT2D eigenvalue weighted by molar-refractivity contribution is -0.147. The van der Waals surface area contributed by atoms with E-state index in [4.69, 9.17) is 4.74 Å². The van der Waals surface area contributed by atoms with Crippen LogP contribution < -0.4 is 0 Å². The Balaban J connectivity index is 1.84. The average Bonchev–Trinajstić information content (AvgIpc) is 2.99. The first-order valence-electron chi connectivity index (χ1n) is 6.08. The Morgan fingerprint density at radius 2 is 2.12 bits per heavy atom. The highest BCUT2D eigenvalue weighted by Gasteiger charge is 2.41. The quantitative estimate of drug-likeness (QED) is 0.700. The van der Waals surface area contributed by atoms with Crippen LogP contribution in [0.3, 0.4) is 0 Å². The third kappa shape index (κ3) is 2.55. The van der Waals surface area contributed by atoms with Gasteiger partial charge in [0.1, 0.15) is 6.04 Å². The van der Waals surface area contributed by atoms with Gasteiger partial charge >= 0.3 is 5.97 Å². The zero-order valence-electron chi connectivity index (χ0n) is 10.1. The summed E-state index contributed by atoms with van der Waals surface area (Å²) >= 11 is 0. The van der Waals surface area contributed by atoms with Crippen molar-refractivity contribution in [3.8, 4) is 0 Å². The molecule has 0 aromatic rings. The van der Waals surface area contributed by atoms with Crippen molar-refractivity contribution in [2.24, 2.45) is 11.8 Å². The maximum absolute atomic E-state index is 11.7. The minimum atomic E-state index is -0.115. The maximum Gasteiger partial charge on any atom is 0.323 e. The fourth-order valence-electron chi connectivity index (χ4n) is 2.64. The van der Waals surface area contributed by atoms with Crippen LogP contribution in [0.25, 0.3) is 0 Å². The van der Waals surface area contributed by atoms with E-state index in [2.05, 4.69) is 4.90 Å². The second kappa shape index (κ2) is 4.72. The van der Waals surface area contributed by atoms with Gasteiger partial charge in [0.25, 0.3) is 0 Å². The van der Waals surface area contributed by atoms with Crippen molar-refractivity contribution >= 4 is 5.97 Å². The third-order valence-corrected chi connectivity index (χ3v) is 3.74. The summed E-state index contributed by atoms with van der Waals surface area (Å²) < 4.78 is 4.86. The van der Waals surface area contributed by atoms with Crippen LogP contribution in [-0.4, -0.2) is 48.8 Å². The predicted octanol–water partition coefficient (Wildman–Crippen LogP) is 0.641. The number of likely N-dealkylation sites (N-methyl/N-ethyl adjacent to an activating group) is 1. The molecule has 2 aliphatic carbocycles. The number of nitrogens with zero attached hydrogens (tertiary/aromatic N) is 1. The monoisotopic (exact) mass is 227 g/mol. The molecule has 2 saturated carbocycles. The number of aliphatic hydroxyl groups excluding tert-OH is 1. The molecule has 0 spiro atoms.